The van der Waals surface area contributed by atoms with Crippen molar-refractivity contribution in [2.75, 3.05) is 32.7 Å². The monoisotopic (exact) mass is 465 g/mol. The average molecular weight is 466 g/mol. The third-order valence-corrected chi connectivity index (χ3v) is 6.16. The van der Waals surface area contributed by atoms with Gasteiger partial charge in [-0.2, -0.15) is 0 Å². The van der Waals surface area contributed by atoms with Crippen LogP contribution in [0.3, 0.4) is 0 Å². The Morgan fingerprint density at radius 1 is 1.00 bits per heavy atom. The Balaban J connectivity index is 1.80. The average Bonchev–Trinajstić information content (AvgIpc) is 2.82. The maximum atomic E-state index is 13.6. The van der Waals surface area contributed by atoms with E-state index in [4.69, 9.17) is 16.2 Å². The molecule has 0 saturated carbocycles. The van der Waals surface area contributed by atoms with E-state index in [2.05, 4.69) is 5.32 Å². The van der Waals surface area contributed by atoms with Crippen molar-refractivity contribution in [2.24, 2.45) is 11.1 Å². The van der Waals surface area contributed by atoms with Crippen LogP contribution in [-0.2, 0) is 9.59 Å². The lowest BCUT2D eigenvalue weighted by Crippen LogP contribution is -2.55. The minimum absolute atomic E-state index is 0.0451. The van der Waals surface area contributed by atoms with Crippen molar-refractivity contribution in [1.82, 2.24) is 15.1 Å². The van der Waals surface area contributed by atoms with E-state index >= 15 is 0 Å². The summed E-state index contributed by atoms with van der Waals surface area (Å²) in [7, 11) is 0. The van der Waals surface area contributed by atoms with Gasteiger partial charge in [-0.05, 0) is 31.5 Å². The van der Waals surface area contributed by atoms with Gasteiger partial charge < -0.3 is 21.1 Å². The zero-order valence-electron chi connectivity index (χ0n) is 19.5. The first-order chi connectivity index (χ1) is 16.1. The molecule has 5 N–H and O–H groups in total. The molecule has 1 saturated heterocycles. The number of nitrogen functional groups attached to an aromatic ring is 1. The van der Waals surface area contributed by atoms with Gasteiger partial charge in [-0.1, -0.05) is 42.5 Å². The maximum absolute atomic E-state index is 13.6. The van der Waals surface area contributed by atoms with Crippen LogP contribution in [-0.4, -0.2) is 71.2 Å². The van der Waals surface area contributed by atoms with Gasteiger partial charge >= 0.3 is 5.97 Å². The van der Waals surface area contributed by atoms with Crippen molar-refractivity contribution in [1.29, 1.82) is 5.41 Å². The van der Waals surface area contributed by atoms with Crippen LogP contribution in [0.5, 0.6) is 0 Å². The van der Waals surface area contributed by atoms with Gasteiger partial charge in [0, 0.05) is 37.3 Å². The Hall–Kier alpha value is -3.72. The van der Waals surface area contributed by atoms with E-state index in [-0.39, 0.29) is 24.2 Å². The number of rotatable bonds is 8. The van der Waals surface area contributed by atoms with Crippen molar-refractivity contribution in [3.63, 3.8) is 0 Å². The number of benzene rings is 2. The number of hydrogen-bond acceptors (Lipinski definition) is 5. The molecule has 2 aromatic rings. The summed E-state index contributed by atoms with van der Waals surface area (Å²) in [5, 5.41) is 19.6. The molecule has 2 amide bonds. The van der Waals surface area contributed by atoms with Gasteiger partial charge in [0.05, 0.1) is 18.0 Å². The van der Waals surface area contributed by atoms with Gasteiger partial charge in [-0.3, -0.25) is 24.7 Å². The molecule has 1 aliphatic rings. The molecule has 1 aliphatic heterocycles. The highest BCUT2D eigenvalue weighted by molar-refractivity contribution is 5.98. The first kappa shape index (κ1) is 24.9. The number of nitrogens with one attached hydrogen (secondary N) is 2. The smallest absolute Gasteiger partial charge is 0.317 e. The van der Waals surface area contributed by atoms with Crippen LogP contribution < -0.4 is 11.1 Å². The van der Waals surface area contributed by atoms with Crippen molar-refractivity contribution in [3.05, 3.63) is 71.3 Å². The molecule has 0 aromatic heterocycles. The summed E-state index contributed by atoms with van der Waals surface area (Å²) in [6.07, 6.45) is 0. The second-order valence-electron chi connectivity index (χ2n) is 8.99. The second kappa shape index (κ2) is 10.5. The number of piperazine rings is 1. The molecule has 2 aromatic carbocycles. The predicted molar refractivity (Wildman–Crippen MR) is 129 cm³/mol. The molecule has 1 atom stereocenters. The van der Waals surface area contributed by atoms with Gasteiger partial charge in [-0.25, -0.2) is 0 Å². The van der Waals surface area contributed by atoms with E-state index in [1.54, 1.807) is 34.1 Å². The van der Waals surface area contributed by atoms with Crippen molar-refractivity contribution >= 4 is 23.6 Å². The molecule has 0 aliphatic carbocycles. The van der Waals surface area contributed by atoms with E-state index in [9.17, 15) is 14.4 Å². The number of nitrogens with zero attached hydrogens (tertiary/aromatic N) is 2. The molecule has 34 heavy (non-hydrogen) atoms. The standard InChI is InChI=1S/C25H31N5O4/c1-25(2,24(34)30-14-12-29(13-15-30)16-20(31)32)21(17-6-4-3-5-7-17)28-23(33)19-10-8-18(9-11-19)22(26)27/h3-11,21H,12-16H2,1-2H3,(H3,26,27)(H,28,33)(H,31,32). The quantitative estimate of drug-likeness (QED) is 0.346. The zero-order chi connectivity index (χ0) is 24.9. The van der Waals surface area contributed by atoms with E-state index in [1.807, 2.05) is 44.2 Å². The third kappa shape index (κ3) is 5.79. The number of nitrogens with two attached hydrogens (primary N) is 1. The fourth-order valence-corrected chi connectivity index (χ4v) is 4.17. The predicted octanol–water partition coefficient (Wildman–Crippen LogP) is 1.70. The van der Waals surface area contributed by atoms with E-state index in [0.717, 1.165) is 5.56 Å². The summed E-state index contributed by atoms with van der Waals surface area (Å²) >= 11 is 0. The molecule has 0 bridgehead atoms. The highest BCUT2D eigenvalue weighted by Gasteiger charge is 2.42. The SMILES string of the molecule is CC(C)(C(=O)N1CCN(CC(=O)O)CC1)C(NC(=O)c1ccc(C(=N)N)cc1)c1ccccc1. The molecule has 0 radical (unpaired) electrons. The number of amides is 2. The molecule has 1 unspecified atom stereocenters. The largest absolute Gasteiger partial charge is 0.480 e. The number of carboxylic acids is 1. The van der Waals surface area contributed by atoms with Crippen LogP contribution >= 0.6 is 0 Å². The normalized spacial score (nSPS) is 15.4. The Bertz CT molecular complexity index is 1040. The van der Waals surface area contributed by atoms with Crippen molar-refractivity contribution < 1.29 is 19.5 Å². The van der Waals surface area contributed by atoms with Gasteiger partial charge in [-0.15, -0.1) is 0 Å². The van der Waals surface area contributed by atoms with Crippen LogP contribution in [0.1, 0.15) is 41.4 Å². The number of aliphatic carboxylic acids is 1. The summed E-state index contributed by atoms with van der Waals surface area (Å²) in [5.41, 5.74) is 6.26. The lowest BCUT2D eigenvalue weighted by Gasteiger charge is -2.41. The van der Waals surface area contributed by atoms with Gasteiger partial charge in [0.1, 0.15) is 5.84 Å². The summed E-state index contributed by atoms with van der Waals surface area (Å²) in [6.45, 7) is 5.41. The Labute approximate surface area is 199 Å². The molecule has 9 heteroatoms. The number of amidine groups is 1. The minimum atomic E-state index is -0.967. The fraction of sp³-hybridized carbons (Fsp3) is 0.360. The highest BCUT2D eigenvalue weighted by Crippen LogP contribution is 2.36. The molecule has 1 heterocycles. The van der Waals surface area contributed by atoms with E-state index < -0.39 is 17.4 Å². The van der Waals surface area contributed by atoms with Crippen molar-refractivity contribution in [3.8, 4) is 0 Å². The first-order valence-electron chi connectivity index (χ1n) is 11.1. The van der Waals surface area contributed by atoms with Gasteiger partial charge in [0.15, 0.2) is 0 Å². The minimum Gasteiger partial charge on any atom is -0.480 e. The summed E-state index contributed by atoms with van der Waals surface area (Å²) in [5.74, 6) is -1.41. The molecular formula is C25H31N5O4. The van der Waals surface area contributed by atoms with Crippen LogP contribution in [0.4, 0.5) is 0 Å². The second-order valence-corrected chi connectivity index (χ2v) is 8.99. The van der Waals surface area contributed by atoms with Crippen molar-refractivity contribution in [2.45, 2.75) is 19.9 Å². The topological polar surface area (TPSA) is 140 Å². The van der Waals surface area contributed by atoms with Crippen LogP contribution in [0.2, 0.25) is 0 Å². The number of carbonyl (C=O) groups is 3. The summed E-state index contributed by atoms with van der Waals surface area (Å²) < 4.78 is 0. The van der Waals surface area contributed by atoms with Crippen LogP contribution in [0, 0.1) is 10.8 Å². The van der Waals surface area contributed by atoms with E-state index in [1.165, 1.54) is 0 Å². The maximum Gasteiger partial charge on any atom is 0.317 e. The number of hydrogen-bond donors (Lipinski definition) is 4. The summed E-state index contributed by atoms with van der Waals surface area (Å²) in [4.78, 5) is 41.2. The zero-order valence-corrected chi connectivity index (χ0v) is 19.5. The van der Waals surface area contributed by atoms with E-state index in [0.29, 0.717) is 37.3 Å². The Morgan fingerprint density at radius 2 is 1.56 bits per heavy atom. The Kier molecular flexibility index (Phi) is 7.68. The third-order valence-electron chi connectivity index (χ3n) is 6.16. The number of carboxylic acid groups (broad SMARTS) is 1. The summed E-state index contributed by atoms with van der Waals surface area (Å²) in [6, 6.07) is 15.2. The number of carbonyl (C=O) groups excluding carboxylic acids is 2. The molecular weight excluding hydrogens is 434 g/mol. The molecule has 9 nitrogen and oxygen atoms in total. The molecule has 180 valence electrons. The van der Waals surface area contributed by atoms with Gasteiger partial charge in [0.25, 0.3) is 5.91 Å². The molecule has 0 spiro atoms. The lowest BCUT2D eigenvalue weighted by molar-refractivity contribution is -0.144. The lowest BCUT2D eigenvalue weighted by atomic mass is 9.78. The molecule has 3 rings (SSSR count). The first-order valence-corrected chi connectivity index (χ1v) is 11.1. The van der Waals surface area contributed by atoms with Crippen LogP contribution in [0.25, 0.3) is 0 Å². The fourth-order valence-electron chi connectivity index (χ4n) is 4.17. The van der Waals surface area contributed by atoms with Crippen LogP contribution in [0.15, 0.2) is 54.6 Å². The highest BCUT2D eigenvalue weighted by atomic mass is 16.4. The molecule has 1 fully saturated rings. The Morgan fingerprint density at radius 3 is 2.09 bits per heavy atom. The van der Waals surface area contributed by atoms with Gasteiger partial charge in [0.2, 0.25) is 5.91 Å².